The standard InChI is InChI=1S/C20H21N3O3S2/c1-12-5-7-14(8-6-12)11-27-20-23-22-19(28-20)21-18(24)15-9-16(25-3)13(2)17(10-15)26-4/h5-10H,11H2,1-4H3,(H,21,22,24). The highest BCUT2D eigenvalue weighted by molar-refractivity contribution is 8.00. The molecule has 3 rings (SSSR count). The smallest absolute Gasteiger partial charge is 0.257 e. The van der Waals surface area contributed by atoms with Crippen molar-refractivity contribution in [3.63, 3.8) is 0 Å². The van der Waals surface area contributed by atoms with Gasteiger partial charge in [-0.2, -0.15) is 0 Å². The first-order chi connectivity index (χ1) is 13.5. The molecule has 0 saturated heterocycles. The molecule has 0 saturated carbocycles. The number of nitrogens with zero attached hydrogens (tertiary/aromatic N) is 2. The molecule has 0 spiro atoms. The number of hydrogen-bond donors (Lipinski definition) is 1. The molecule has 3 aromatic rings. The van der Waals surface area contributed by atoms with Crippen molar-refractivity contribution in [1.29, 1.82) is 0 Å². The molecule has 146 valence electrons. The maximum atomic E-state index is 12.6. The molecule has 1 heterocycles. The van der Waals surface area contributed by atoms with Crippen LogP contribution in [0.1, 0.15) is 27.0 Å². The van der Waals surface area contributed by atoms with Gasteiger partial charge in [0.1, 0.15) is 11.5 Å². The van der Waals surface area contributed by atoms with Crippen molar-refractivity contribution in [3.8, 4) is 11.5 Å². The number of aryl methyl sites for hydroxylation is 1. The Kier molecular flexibility index (Phi) is 6.53. The summed E-state index contributed by atoms with van der Waals surface area (Å²) >= 11 is 2.94. The summed E-state index contributed by atoms with van der Waals surface area (Å²) in [6, 6.07) is 11.7. The van der Waals surface area contributed by atoms with E-state index in [2.05, 4.69) is 46.7 Å². The molecule has 1 N–H and O–H groups in total. The number of rotatable bonds is 7. The number of thioether (sulfide) groups is 1. The van der Waals surface area contributed by atoms with Gasteiger partial charge < -0.3 is 9.47 Å². The molecule has 0 aliphatic carbocycles. The SMILES string of the molecule is COc1cc(C(=O)Nc2nnc(SCc3ccc(C)cc3)s2)cc(OC)c1C. The Morgan fingerprint density at radius 1 is 1.07 bits per heavy atom. The van der Waals surface area contributed by atoms with Gasteiger partial charge in [0.15, 0.2) is 4.34 Å². The van der Waals surface area contributed by atoms with Gasteiger partial charge in [0.05, 0.1) is 14.2 Å². The minimum absolute atomic E-state index is 0.289. The lowest BCUT2D eigenvalue weighted by Gasteiger charge is -2.12. The number of methoxy groups -OCH3 is 2. The maximum Gasteiger partial charge on any atom is 0.257 e. The van der Waals surface area contributed by atoms with Gasteiger partial charge in [-0.3, -0.25) is 10.1 Å². The third-order valence-electron chi connectivity index (χ3n) is 4.12. The topological polar surface area (TPSA) is 73.3 Å². The second-order valence-corrected chi connectivity index (χ2v) is 8.31. The van der Waals surface area contributed by atoms with E-state index in [-0.39, 0.29) is 5.91 Å². The lowest BCUT2D eigenvalue weighted by molar-refractivity contribution is 0.102. The number of nitrogens with one attached hydrogen (secondary N) is 1. The Morgan fingerprint density at radius 2 is 1.71 bits per heavy atom. The van der Waals surface area contributed by atoms with E-state index in [1.165, 1.54) is 22.5 Å². The third-order valence-corrected chi connectivity index (χ3v) is 6.17. The number of benzene rings is 2. The largest absolute Gasteiger partial charge is 0.496 e. The molecule has 28 heavy (non-hydrogen) atoms. The molecule has 1 amide bonds. The van der Waals surface area contributed by atoms with Crippen LogP contribution < -0.4 is 14.8 Å². The molecule has 0 fully saturated rings. The van der Waals surface area contributed by atoms with Crippen LogP contribution in [0.15, 0.2) is 40.7 Å². The predicted octanol–water partition coefficient (Wildman–Crippen LogP) is 4.72. The zero-order chi connectivity index (χ0) is 20.1. The van der Waals surface area contributed by atoms with Crippen molar-refractivity contribution in [1.82, 2.24) is 10.2 Å². The molecular formula is C20H21N3O3S2. The van der Waals surface area contributed by atoms with Crippen molar-refractivity contribution < 1.29 is 14.3 Å². The quantitative estimate of drug-likeness (QED) is 0.445. The van der Waals surface area contributed by atoms with Crippen LogP contribution in [0.4, 0.5) is 5.13 Å². The van der Waals surface area contributed by atoms with Crippen molar-refractivity contribution in [2.24, 2.45) is 0 Å². The normalized spacial score (nSPS) is 10.6. The van der Waals surface area contributed by atoms with Gasteiger partial charge in [-0.15, -0.1) is 10.2 Å². The zero-order valence-electron chi connectivity index (χ0n) is 16.1. The van der Waals surface area contributed by atoms with E-state index in [0.717, 1.165) is 15.7 Å². The highest BCUT2D eigenvalue weighted by atomic mass is 32.2. The second kappa shape index (κ2) is 9.07. The van der Waals surface area contributed by atoms with E-state index in [0.29, 0.717) is 22.2 Å². The maximum absolute atomic E-state index is 12.6. The Balaban J connectivity index is 1.66. The van der Waals surface area contributed by atoms with Crippen LogP contribution in [0.3, 0.4) is 0 Å². The number of hydrogen-bond acceptors (Lipinski definition) is 7. The van der Waals surface area contributed by atoms with Crippen LogP contribution in [-0.2, 0) is 5.75 Å². The van der Waals surface area contributed by atoms with Gasteiger partial charge in [-0.25, -0.2) is 0 Å². The Morgan fingerprint density at radius 3 is 2.32 bits per heavy atom. The van der Waals surface area contributed by atoms with E-state index in [9.17, 15) is 4.79 Å². The molecule has 6 nitrogen and oxygen atoms in total. The summed E-state index contributed by atoms with van der Waals surface area (Å²) in [5.41, 5.74) is 3.73. The fraction of sp³-hybridized carbons (Fsp3) is 0.250. The summed E-state index contributed by atoms with van der Waals surface area (Å²) in [6.45, 7) is 3.94. The Bertz CT molecular complexity index is 946. The first kappa shape index (κ1) is 20.2. The highest BCUT2D eigenvalue weighted by Crippen LogP contribution is 2.31. The molecule has 0 aliphatic rings. The van der Waals surface area contributed by atoms with Crippen LogP contribution >= 0.6 is 23.1 Å². The molecule has 0 atom stereocenters. The first-order valence-electron chi connectivity index (χ1n) is 8.56. The van der Waals surface area contributed by atoms with Crippen LogP contribution in [0.2, 0.25) is 0 Å². The average Bonchev–Trinajstić information content (AvgIpc) is 3.15. The van der Waals surface area contributed by atoms with Crippen LogP contribution in [0.25, 0.3) is 0 Å². The van der Waals surface area contributed by atoms with Crippen LogP contribution in [-0.4, -0.2) is 30.3 Å². The van der Waals surface area contributed by atoms with Crippen molar-refractivity contribution in [2.45, 2.75) is 23.9 Å². The molecular weight excluding hydrogens is 394 g/mol. The monoisotopic (exact) mass is 415 g/mol. The molecule has 1 aromatic heterocycles. The van der Waals surface area contributed by atoms with Gasteiger partial charge in [0.2, 0.25) is 5.13 Å². The number of amides is 1. The molecule has 8 heteroatoms. The van der Waals surface area contributed by atoms with E-state index >= 15 is 0 Å². The summed E-state index contributed by atoms with van der Waals surface area (Å²) < 4.78 is 11.5. The lowest BCUT2D eigenvalue weighted by atomic mass is 10.1. The zero-order valence-corrected chi connectivity index (χ0v) is 17.7. The number of carbonyl (C=O) groups is 1. The lowest BCUT2D eigenvalue weighted by Crippen LogP contribution is -2.12. The summed E-state index contributed by atoms with van der Waals surface area (Å²) in [5, 5.41) is 11.5. The van der Waals surface area contributed by atoms with Crippen molar-refractivity contribution in [3.05, 3.63) is 58.7 Å². The summed E-state index contributed by atoms with van der Waals surface area (Å²) in [4.78, 5) is 12.6. The summed E-state index contributed by atoms with van der Waals surface area (Å²) in [5.74, 6) is 1.70. The minimum atomic E-state index is -0.289. The van der Waals surface area contributed by atoms with E-state index in [4.69, 9.17) is 9.47 Å². The van der Waals surface area contributed by atoms with Gasteiger partial charge in [0, 0.05) is 16.9 Å². The Hall–Kier alpha value is -2.58. The number of carbonyl (C=O) groups excluding carboxylic acids is 1. The molecule has 2 aromatic carbocycles. The van der Waals surface area contributed by atoms with Crippen molar-refractivity contribution in [2.75, 3.05) is 19.5 Å². The predicted molar refractivity (Wildman–Crippen MR) is 113 cm³/mol. The van der Waals surface area contributed by atoms with Crippen LogP contribution in [0.5, 0.6) is 11.5 Å². The third kappa shape index (κ3) is 4.82. The summed E-state index contributed by atoms with van der Waals surface area (Å²) in [6.07, 6.45) is 0. The molecule has 0 bridgehead atoms. The van der Waals surface area contributed by atoms with E-state index in [1.807, 2.05) is 6.92 Å². The average molecular weight is 416 g/mol. The fourth-order valence-electron chi connectivity index (χ4n) is 2.53. The fourth-order valence-corrected chi connectivity index (χ4v) is 4.24. The number of anilines is 1. The van der Waals surface area contributed by atoms with E-state index in [1.54, 1.807) is 38.1 Å². The number of ether oxygens (including phenoxy) is 2. The second-order valence-electron chi connectivity index (χ2n) is 6.11. The Labute approximate surface area is 172 Å². The highest BCUT2D eigenvalue weighted by Gasteiger charge is 2.15. The first-order valence-corrected chi connectivity index (χ1v) is 10.4. The molecule has 0 aliphatic heterocycles. The number of aromatic nitrogens is 2. The molecule has 0 unspecified atom stereocenters. The van der Waals surface area contributed by atoms with Gasteiger partial charge in [-0.1, -0.05) is 52.9 Å². The minimum Gasteiger partial charge on any atom is -0.496 e. The van der Waals surface area contributed by atoms with Crippen molar-refractivity contribution >= 4 is 34.1 Å². The van der Waals surface area contributed by atoms with Gasteiger partial charge in [-0.05, 0) is 31.5 Å². The van der Waals surface area contributed by atoms with E-state index < -0.39 is 0 Å². The summed E-state index contributed by atoms with van der Waals surface area (Å²) in [7, 11) is 3.12. The van der Waals surface area contributed by atoms with Gasteiger partial charge in [0.25, 0.3) is 5.91 Å². The molecule has 0 radical (unpaired) electrons. The van der Waals surface area contributed by atoms with Gasteiger partial charge >= 0.3 is 0 Å². The van der Waals surface area contributed by atoms with Crippen LogP contribution in [0, 0.1) is 13.8 Å².